The average Bonchev–Trinajstić information content (AvgIpc) is 2.92. The van der Waals surface area contributed by atoms with Gasteiger partial charge in [-0.1, -0.05) is 42.5 Å². The molecule has 3 aromatic carbocycles. The molecule has 1 heterocycles. The number of hydrogen-bond donors (Lipinski definition) is 2. The maximum atomic E-state index is 13.3. The standard InChI is InChI=1S/C31H36N4O3/c1-4-34(33)27-14-13-24(19(3)30(27)32)25(18-29(36)38-5-2)22-12-11-21-15-23-17-28(26(21)16-22)35(23)31(37)20-9-7-6-8-10-20/h6-14,16,23,25,28H,4-5,15,17-18,32-33H2,1-3H3. The van der Waals surface area contributed by atoms with E-state index < -0.39 is 0 Å². The monoisotopic (exact) mass is 512 g/mol. The molecule has 2 bridgehead atoms. The quantitative estimate of drug-likeness (QED) is 0.193. The second-order valence-corrected chi connectivity index (χ2v) is 10.2. The maximum Gasteiger partial charge on any atom is 0.306 e. The lowest BCUT2D eigenvalue weighted by Crippen LogP contribution is -2.57. The molecule has 5 rings (SSSR count). The first-order valence-electron chi connectivity index (χ1n) is 13.4. The van der Waals surface area contributed by atoms with Gasteiger partial charge in [0.15, 0.2) is 0 Å². The molecule has 198 valence electrons. The van der Waals surface area contributed by atoms with Gasteiger partial charge in [-0.2, -0.15) is 0 Å². The summed E-state index contributed by atoms with van der Waals surface area (Å²) >= 11 is 0. The van der Waals surface area contributed by atoms with Crippen LogP contribution in [-0.2, 0) is 16.0 Å². The van der Waals surface area contributed by atoms with Crippen molar-refractivity contribution < 1.29 is 14.3 Å². The van der Waals surface area contributed by atoms with E-state index in [0.717, 1.165) is 35.2 Å². The van der Waals surface area contributed by atoms with Crippen molar-refractivity contribution in [3.8, 4) is 0 Å². The van der Waals surface area contributed by atoms with Crippen LogP contribution in [0.3, 0.4) is 0 Å². The first kappa shape index (κ1) is 25.8. The van der Waals surface area contributed by atoms with Crippen molar-refractivity contribution in [2.75, 3.05) is 23.9 Å². The topological polar surface area (TPSA) is 102 Å². The van der Waals surface area contributed by atoms with Gasteiger partial charge in [0.2, 0.25) is 0 Å². The number of amides is 1. The molecule has 3 atom stereocenters. The van der Waals surface area contributed by atoms with E-state index in [1.807, 2.05) is 68.1 Å². The molecular formula is C31H36N4O3. The van der Waals surface area contributed by atoms with Crippen molar-refractivity contribution in [1.29, 1.82) is 0 Å². The number of carbonyl (C=O) groups excluding carboxylic acids is 2. The zero-order chi connectivity index (χ0) is 27.0. The van der Waals surface area contributed by atoms with Gasteiger partial charge in [-0.25, -0.2) is 5.84 Å². The Morgan fingerprint density at radius 2 is 1.87 bits per heavy atom. The Hall–Kier alpha value is -3.84. The summed E-state index contributed by atoms with van der Waals surface area (Å²) in [6, 6.07) is 20.2. The Morgan fingerprint density at radius 1 is 1.11 bits per heavy atom. The van der Waals surface area contributed by atoms with Crippen molar-refractivity contribution in [1.82, 2.24) is 4.90 Å². The van der Waals surface area contributed by atoms with E-state index >= 15 is 0 Å². The van der Waals surface area contributed by atoms with Crippen LogP contribution in [-0.4, -0.2) is 36.0 Å². The normalized spacial score (nSPS) is 18.3. The summed E-state index contributed by atoms with van der Waals surface area (Å²) in [6.45, 7) is 6.71. The highest BCUT2D eigenvalue weighted by atomic mass is 16.5. The van der Waals surface area contributed by atoms with Gasteiger partial charge in [-0.3, -0.25) is 9.59 Å². The van der Waals surface area contributed by atoms with Gasteiger partial charge < -0.3 is 20.4 Å². The van der Waals surface area contributed by atoms with Gasteiger partial charge in [-0.05, 0) is 79.6 Å². The molecule has 1 aliphatic heterocycles. The number of hydrogen-bond acceptors (Lipinski definition) is 6. The lowest BCUT2D eigenvalue weighted by atomic mass is 9.73. The van der Waals surface area contributed by atoms with E-state index in [0.29, 0.717) is 24.4 Å². The van der Waals surface area contributed by atoms with Crippen molar-refractivity contribution in [3.05, 3.63) is 94.0 Å². The summed E-state index contributed by atoms with van der Waals surface area (Å²) < 4.78 is 5.35. The smallest absolute Gasteiger partial charge is 0.306 e. The van der Waals surface area contributed by atoms with Crippen LogP contribution < -0.4 is 16.6 Å². The molecule has 7 nitrogen and oxygen atoms in total. The summed E-state index contributed by atoms with van der Waals surface area (Å²) in [5.74, 6) is 5.73. The van der Waals surface area contributed by atoms with Gasteiger partial charge >= 0.3 is 5.97 Å². The fourth-order valence-corrected chi connectivity index (χ4v) is 6.00. The Balaban J connectivity index is 1.52. The number of hydrazine groups is 1. The third-order valence-electron chi connectivity index (χ3n) is 8.10. The molecule has 0 aromatic heterocycles. The minimum Gasteiger partial charge on any atom is -0.466 e. The van der Waals surface area contributed by atoms with E-state index in [9.17, 15) is 9.59 Å². The number of rotatable bonds is 8. The molecule has 1 aliphatic carbocycles. The predicted molar refractivity (Wildman–Crippen MR) is 150 cm³/mol. The van der Waals surface area contributed by atoms with Crippen LogP contribution in [0.25, 0.3) is 0 Å². The molecule has 38 heavy (non-hydrogen) atoms. The van der Waals surface area contributed by atoms with Gasteiger partial charge in [0, 0.05) is 24.1 Å². The Morgan fingerprint density at radius 3 is 2.58 bits per heavy atom. The summed E-state index contributed by atoms with van der Waals surface area (Å²) in [5.41, 5.74) is 14.0. The van der Waals surface area contributed by atoms with Crippen LogP contribution in [0.5, 0.6) is 0 Å². The zero-order valence-electron chi connectivity index (χ0n) is 22.3. The van der Waals surface area contributed by atoms with E-state index in [1.54, 1.807) is 5.01 Å². The number of likely N-dealkylation sites (tertiary alicyclic amines) is 1. The number of nitrogens with two attached hydrogens (primary N) is 2. The highest BCUT2D eigenvalue weighted by Gasteiger charge is 2.47. The molecule has 0 radical (unpaired) electrons. The van der Waals surface area contributed by atoms with Crippen LogP contribution in [0.2, 0.25) is 0 Å². The minimum atomic E-state index is -0.254. The number of benzene rings is 3. The van der Waals surface area contributed by atoms with Crippen molar-refractivity contribution in [2.24, 2.45) is 5.84 Å². The Kier molecular flexibility index (Phi) is 7.13. The first-order chi connectivity index (χ1) is 18.3. The van der Waals surface area contributed by atoms with E-state index in [-0.39, 0.29) is 36.3 Å². The van der Waals surface area contributed by atoms with Crippen LogP contribution >= 0.6 is 0 Å². The highest BCUT2D eigenvalue weighted by molar-refractivity contribution is 5.95. The first-order valence-corrected chi connectivity index (χ1v) is 13.4. The Labute approximate surface area is 224 Å². The number of carbonyl (C=O) groups is 2. The molecule has 3 aromatic rings. The van der Waals surface area contributed by atoms with Crippen LogP contribution in [0.15, 0.2) is 60.7 Å². The van der Waals surface area contributed by atoms with Gasteiger partial charge in [0.1, 0.15) is 0 Å². The van der Waals surface area contributed by atoms with Crippen molar-refractivity contribution in [3.63, 3.8) is 0 Å². The maximum absolute atomic E-state index is 13.3. The van der Waals surface area contributed by atoms with Crippen LogP contribution in [0.1, 0.15) is 76.8 Å². The fourth-order valence-electron chi connectivity index (χ4n) is 6.00. The largest absolute Gasteiger partial charge is 0.466 e. The van der Waals surface area contributed by atoms with Gasteiger partial charge in [0.05, 0.1) is 30.4 Å². The molecular weight excluding hydrogens is 476 g/mol. The third kappa shape index (κ3) is 4.52. The summed E-state index contributed by atoms with van der Waals surface area (Å²) in [7, 11) is 0. The molecule has 1 saturated heterocycles. The van der Waals surface area contributed by atoms with Crippen molar-refractivity contribution in [2.45, 2.75) is 58.0 Å². The molecule has 1 fully saturated rings. The fraction of sp³-hybridized carbons (Fsp3) is 0.355. The average molecular weight is 513 g/mol. The number of nitrogen functional groups attached to an aromatic ring is 1. The van der Waals surface area contributed by atoms with E-state index in [1.165, 1.54) is 11.1 Å². The molecule has 0 spiro atoms. The number of nitrogens with zero attached hydrogens (tertiary/aromatic N) is 2. The zero-order valence-corrected chi connectivity index (χ0v) is 22.3. The lowest BCUT2D eigenvalue weighted by Gasteiger charge is -2.53. The highest BCUT2D eigenvalue weighted by Crippen LogP contribution is 2.48. The number of fused-ring (bicyclic) bond motifs is 4. The van der Waals surface area contributed by atoms with E-state index in [4.69, 9.17) is 16.3 Å². The Bertz CT molecular complexity index is 1360. The molecule has 2 aliphatic rings. The van der Waals surface area contributed by atoms with Gasteiger partial charge in [-0.15, -0.1) is 0 Å². The summed E-state index contributed by atoms with van der Waals surface area (Å²) in [6.07, 6.45) is 2.01. The minimum absolute atomic E-state index is 0.0449. The lowest BCUT2D eigenvalue weighted by molar-refractivity contribution is -0.143. The molecule has 3 unspecified atom stereocenters. The molecule has 1 amide bonds. The molecule has 7 heteroatoms. The summed E-state index contributed by atoms with van der Waals surface area (Å²) in [5, 5.41) is 1.62. The second kappa shape index (κ2) is 10.5. The van der Waals surface area contributed by atoms with Crippen LogP contribution in [0, 0.1) is 6.92 Å². The second-order valence-electron chi connectivity index (χ2n) is 10.2. The summed E-state index contributed by atoms with van der Waals surface area (Å²) in [4.78, 5) is 28.1. The number of esters is 1. The molecule has 4 N–H and O–H groups in total. The SMILES string of the molecule is CCOC(=O)CC(c1ccc2c(c1)C1CC(C2)N1C(=O)c1ccccc1)c1ccc(N(N)CC)c(N)c1C. The van der Waals surface area contributed by atoms with E-state index in [2.05, 4.69) is 18.2 Å². The van der Waals surface area contributed by atoms with Crippen molar-refractivity contribution >= 4 is 23.3 Å². The van der Waals surface area contributed by atoms with Crippen LogP contribution in [0.4, 0.5) is 11.4 Å². The van der Waals surface area contributed by atoms with Gasteiger partial charge in [0.25, 0.3) is 5.91 Å². The number of anilines is 2. The predicted octanol–water partition coefficient (Wildman–Crippen LogP) is 4.87. The number of ether oxygens (including phenoxy) is 1. The third-order valence-corrected chi connectivity index (χ3v) is 8.10. The molecule has 0 saturated carbocycles.